The Balaban J connectivity index is 3.11. The third-order valence-electron chi connectivity index (χ3n) is 2.18. The molecule has 0 unspecified atom stereocenters. The molecule has 0 bridgehead atoms. The Bertz CT molecular complexity index is 535. The molecule has 1 amide bonds. The Morgan fingerprint density at radius 1 is 1.25 bits per heavy atom. The minimum atomic E-state index is -5.97. The first-order valence-electron chi connectivity index (χ1n) is 4.80. The Hall–Kier alpha value is -0.410. The van der Waals surface area contributed by atoms with Crippen molar-refractivity contribution in [2.24, 2.45) is 0 Å². The van der Waals surface area contributed by atoms with Gasteiger partial charge in [0.1, 0.15) is 0 Å². The van der Waals surface area contributed by atoms with Crippen LogP contribution in [0, 0.1) is 0 Å². The maximum atomic E-state index is 12.8. The molecular formula is C10H5Br2ClF5NO. The molecule has 0 fully saturated rings. The predicted octanol–water partition coefficient (Wildman–Crippen LogP) is 5.13. The smallest absolute Gasteiger partial charge is 0.320 e. The molecule has 0 saturated heterocycles. The maximum absolute atomic E-state index is 12.8. The quantitative estimate of drug-likeness (QED) is 0.507. The fraction of sp³-hybridized carbons (Fsp3) is 0.300. The van der Waals surface area contributed by atoms with Crippen LogP contribution in [0.15, 0.2) is 16.6 Å². The Morgan fingerprint density at radius 3 is 2.25 bits per heavy atom. The Labute approximate surface area is 131 Å². The van der Waals surface area contributed by atoms with Crippen LogP contribution in [0.5, 0.6) is 0 Å². The predicted molar refractivity (Wildman–Crippen MR) is 71.4 cm³/mol. The van der Waals surface area contributed by atoms with Gasteiger partial charge in [0, 0.05) is 15.5 Å². The van der Waals surface area contributed by atoms with Crippen LogP contribution in [-0.2, 0) is 10.1 Å². The SMILES string of the molecule is O=C(Nc1cc(Cl)c(Br)cc1CBr)C(F)(F)C(F)(F)F. The van der Waals surface area contributed by atoms with Gasteiger partial charge in [-0.05, 0) is 33.6 Å². The molecule has 0 aliphatic rings. The first-order valence-corrected chi connectivity index (χ1v) is 7.09. The van der Waals surface area contributed by atoms with Crippen LogP contribution in [-0.4, -0.2) is 18.0 Å². The number of amides is 1. The van der Waals surface area contributed by atoms with Gasteiger partial charge in [0.25, 0.3) is 0 Å². The van der Waals surface area contributed by atoms with Crippen LogP contribution >= 0.6 is 43.5 Å². The van der Waals surface area contributed by atoms with E-state index in [-0.39, 0.29) is 21.6 Å². The van der Waals surface area contributed by atoms with Crippen molar-refractivity contribution < 1.29 is 26.7 Å². The molecule has 2 nitrogen and oxygen atoms in total. The van der Waals surface area contributed by atoms with Gasteiger partial charge in [0.05, 0.1) is 5.02 Å². The molecule has 0 aliphatic carbocycles. The van der Waals surface area contributed by atoms with Crippen LogP contribution in [0.3, 0.4) is 0 Å². The van der Waals surface area contributed by atoms with Crippen molar-refractivity contribution in [3.05, 3.63) is 27.2 Å². The summed E-state index contributed by atoms with van der Waals surface area (Å²) in [5, 5.41) is 1.71. The molecule has 112 valence electrons. The molecule has 0 heterocycles. The number of benzene rings is 1. The van der Waals surface area contributed by atoms with Crippen molar-refractivity contribution in [2.45, 2.75) is 17.4 Å². The summed E-state index contributed by atoms with van der Waals surface area (Å²) in [7, 11) is 0. The lowest BCUT2D eigenvalue weighted by atomic mass is 10.2. The number of carbonyl (C=O) groups excluding carboxylic acids is 1. The number of halogens is 8. The molecular weight excluding hydrogens is 440 g/mol. The van der Waals surface area contributed by atoms with E-state index in [4.69, 9.17) is 11.6 Å². The number of hydrogen-bond donors (Lipinski definition) is 1. The lowest BCUT2D eigenvalue weighted by molar-refractivity contribution is -0.267. The van der Waals surface area contributed by atoms with Crippen molar-refractivity contribution in [3.8, 4) is 0 Å². The second kappa shape index (κ2) is 6.15. The first kappa shape index (κ1) is 17.6. The van der Waals surface area contributed by atoms with E-state index in [2.05, 4.69) is 31.9 Å². The maximum Gasteiger partial charge on any atom is 0.463 e. The van der Waals surface area contributed by atoms with Crippen molar-refractivity contribution >= 4 is 55.1 Å². The fourth-order valence-corrected chi connectivity index (χ4v) is 2.16. The third-order valence-corrected chi connectivity index (χ3v) is 3.98. The number of carbonyl (C=O) groups is 1. The number of anilines is 1. The highest BCUT2D eigenvalue weighted by Crippen LogP contribution is 2.37. The van der Waals surface area contributed by atoms with Crippen molar-refractivity contribution in [1.82, 2.24) is 0 Å². The van der Waals surface area contributed by atoms with Crippen LogP contribution in [0.1, 0.15) is 5.56 Å². The lowest BCUT2D eigenvalue weighted by Gasteiger charge is -2.19. The molecule has 1 N–H and O–H groups in total. The standard InChI is InChI=1S/C10H5Br2ClF5NO/c11-3-4-1-5(12)6(13)2-7(4)19-8(20)9(14,15)10(16,17)18/h1-2H,3H2,(H,19,20). The van der Waals surface area contributed by atoms with Gasteiger partial charge in [-0.25, -0.2) is 0 Å². The zero-order valence-corrected chi connectivity index (χ0v) is 13.2. The van der Waals surface area contributed by atoms with Crippen LogP contribution in [0.4, 0.5) is 27.6 Å². The summed E-state index contributed by atoms with van der Waals surface area (Å²) < 4.78 is 62.3. The molecule has 0 spiro atoms. The van der Waals surface area contributed by atoms with Gasteiger partial charge < -0.3 is 5.32 Å². The van der Waals surface area contributed by atoms with Gasteiger partial charge in [-0.3, -0.25) is 4.79 Å². The monoisotopic (exact) mass is 443 g/mol. The number of rotatable bonds is 3. The number of hydrogen-bond acceptors (Lipinski definition) is 1. The van der Waals surface area contributed by atoms with Crippen LogP contribution in [0.25, 0.3) is 0 Å². The summed E-state index contributed by atoms with van der Waals surface area (Å²) in [6.45, 7) is 0. The van der Waals surface area contributed by atoms with Crippen molar-refractivity contribution in [2.75, 3.05) is 5.32 Å². The average Bonchev–Trinajstić information content (AvgIpc) is 2.31. The molecule has 0 atom stereocenters. The molecule has 1 aromatic carbocycles. The third kappa shape index (κ3) is 3.62. The van der Waals surface area contributed by atoms with Gasteiger partial charge >= 0.3 is 18.0 Å². The van der Waals surface area contributed by atoms with E-state index in [0.29, 0.717) is 4.47 Å². The minimum Gasteiger partial charge on any atom is -0.320 e. The van der Waals surface area contributed by atoms with E-state index in [1.165, 1.54) is 11.4 Å². The largest absolute Gasteiger partial charge is 0.463 e. The van der Waals surface area contributed by atoms with E-state index >= 15 is 0 Å². The molecule has 0 saturated carbocycles. The summed E-state index contributed by atoms with van der Waals surface area (Å²) in [6, 6.07) is 2.46. The Morgan fingerprint density at radius 2 is 1.80 bits per heavy atom. The number of nitrogens with one attached hydrogen (secondary N) is 1. The first-order chi connectivity index (χ1) is 9.00. The molecule has 10 heteroatoms. The summed E-state index contributed by atoms with van der Waals surface area (Å²) >= 11 is 11.8. The second-order valence-corrected chi connectivity index (χ2v) is 5.41. The summed E-state index contributed by atoms with van der Waals surface area (Å²) in [5.41, 5.74) is 0.0524. The zero-order valence-electron chi connectivity index (χ0n) is 9.29. The van der Waals surface area contributed by atoms with Crippen LogP contribution in [0.2, 0.25) is 5.02 Å². The average molecular weight is 445 g/mol. The van der Waals surface area contributed by atoms with Crippen molar-refractivity contribution in [1.29, 1.82) is 0 Å². The highest BCUT2D eigenvalue weighted by molar-refractivity contribution is 9.10. The van der Waals surface area contributed by atoms with E-state index in [1.807, 2.05) is 0 Å². The second-order valence-electron chi connectivity index (χ2n) is 3.58. The summed E-state index contributed by atoms with van der Waals surface area (Å²) in [5.74, 6) is -7.96. The normalized spacial score (nSPS) is 12.4. The Kier molecular flexibility index (Phi) is 5.42. The van der Waals surface area contributed by atoms with Gasteiger partial charge in [0.15, 0.2) is 0 Å². The fourth-order valence-electron chi connectivity index (χ4n) is 1.14. The van der Waals surface area contributed by atoms with E-state index in [0.717, 1.165) is 6.07 Å². The van der Waals surface area contributed by atoms with E-state index in [1.54, 1.807) is 0 Å². The minimum absolute atomic E-state index is 0.0559. The van der Waals surface area contributed by atoms with Gasteiger partial charge in [0.2, 0.25) is 0 Å². The summed E-state index contributed by atoms with van der Waals surface area (Å²) in [4.78, 5) is 11.1. The molecule has 0 aromatic heterocycles. The lowest BCUT2D eigenvalue weighted by Crippen LogP contribution is -2.47. The zero-order chi connectivity index (χ0) is 15.7. The highest BCUT2D eigenvalue weighted by atomic mass is 79.9. The van der Waals surface area contributed by atoms with Gasteiger partial charge in [-0.15, -0.1) is 0 Å². The van der Waals surface area contributed by atoms with Gasteiger partial charge in [-0.2, -0.15) is 22.0 Å². The van der Waals surface area contributed by atoms with Gasteiger partial charge in [-0.1, -0.05) is 27.5 Å². The van der Waals surface area contributed by atoms with E-state index in [9.17, 15) is 26.7 Å². The van der Waals surface area contributed by atoms with E-state index < -0.39 is 18.0 Å². The molecule has 0 radical (unpaired) electrons. The molecule has 1 rings (SSSR count). The molecule has 1 aromatic rings. The highest BCUT2D eigenvalue weighted by Gasteiger charge is 2.63. The summed E-state index contributed by atoms with van der Waals surface area (Å²) in [6.07, 6.45) is -5.97. The topological polar surface area (TPSA) is 29.1 Å². The van der Waals surface area contributed by atoms with Crippen molar-refractivity contribution in [3.63, 3.8) is 0 Å². The van der Waals surface area contributed by atoms with Crippen LogP contribution < -0.4 is 5.32 Å². The number of alkyl halides is 6. The molecule has 0 aliphatic heterocycles. The molecule has 20 heavy (non-hydrogen) atoms.